The van der Waals surface area contributed by atoms with Crippen LogP contribution in [0.5, 0.6) is 5.75 Å². The first-order valence-corrected chi connectivity index (χ1v) is 5.54. The van der Waals surface area contributed by atoms with Crippen molar-refractivity contribution in [1.29, 1.82) is 0 Å². The molecule has 0 radical (unpaired) electrons. The summed E-state index contributed by atoms with van der Waals surface area (Å²) in [6.45, 7) is 1.61. The molecule has 5 heteroatoms. The van der Waals surface area contributed by atoms with Gasteiger partial charge in [0.15, 0.2) is 0 Å². The minimum atomic E-state index is -0.949. The van der Waals surface area contributed by atoms with E-state index in [-0.39, 0.29) is 13.0 Å². The summed E-state index contributed by atoms with van der Waals surface area (Å²) < 4.78 is 5.06. The van der Waals surface area contributed by atoms with Crippen LogP contribution in [-0.2, 0) is 4.79 Å². The highest BCUT2D eigenvalue weighted by Gasteiger charge is 2.18. The lowest BCUT2D eigenvalue weighted by molar-refractivity contribution is -0.137. The van der Waals surface area contributed by atoms with Crippen molar-refractivity contribution < 1.29 is 19.7 Å². The van der Waals surface area contributed by atoms with E-state index in [1.54, 1.807) is 12.1 Å². The first kappa shape index (κ1) is 13.8. The van der Waals surface area contributed by atoms with Crippen molar-refractivity contribution in [2.24, 2.45) is 0 Å². The summed E-state index contributed by atoms with van der Waals surface area (Å²) in [5, 5.41) is 18.4. The van der Waals surface area contributed by atoms with Gasteiger partial charge >= 0.3 is 5.97 Å². The van der Waals surface area contributed by atoms with Gasteiger partial charge in [0.25, 0.3) is 0 Å². The van der Waals surface area contributed by atoms with Crippen LogP contribution in [0.1, 0.15) is 23.5 Å². The fourth-order valence-electron chi connectivity index (χ4n) is 1.75. The number of ether oxygens (including phenoxy) is 1. The summed E-state index contributed by atoms with van der Waals surface area (Å²) in [4.78, 5) is 10.7. The number of rotatable bonds is 5. The first-order chi connectivity index (χ1) is 7.99. The molecule has 0 aliphatic carbocycles. The number of carboxylic acids is 1. The summed E-state index contributed by atoms with van der Waals surface area (Å²) >= 11 is 5.99. The number of hydrogen-bond acceptors (Lipinski definition) is 3. The summed E-state index contributed by atoms with van der Waals surface area (Å²) in [5.41, 5.74) is 1.59. The molecule has 17 heavy (non-hydrogen) atoms. The van der Waals surface area contributed by atoms with Crippen LogP contribution in [0.2, 0.25) is 5.02 Å². The molecule has 1 rings (SSSR count). The smallest absolute Gasteiger partial charge is 0.304 e. The predicted octanol–water partition coefficient (Wildman–Crippen LogP) is 2.21. The van der Waals surface area contributed by atoms with Gasteiger partial charge in [-0.05, 0) is 30.2 Å². The van der Waals surface area contributed by atoms with Gasteiger partial charge in [0.05, 0.1) is 25.2 Å². The van der Waals surface area contributed by atoms with Crippen LogP contribution in [-0.4, -0.2) is 29.9 Å². The van der Waals surface area contributed by atoms with E-state index in [2.05, 4.69) is 0 Å². The van der Waals surface area contributed by atoms with Crippen molar-refractivity contribution in [3.63, 3.8) is 0 Å². The van der Waals surface area contributed by atoms with Gasteiger partial charge in [0.1, 0.15) is 5.75 Å². The van der Waals surface area contributed by atoms with Gasteiger partial charge in [-0.2, -0.15) is 0 Å². The monoisotopic (exact) mass is 258 g/mol. The van der Waals surface area contributed by atoms with Gasteiger partial charge in [-0.25, -0.2) is 0 Å². The molecule has 0 aliphatic rings. The highest BCUT2D eigenvalue weighted by Crippen LogP contribution is 2.32. The molecular weight excluding hydrogens is 244 g/mol. The maximum Gasteiger partial charge on any atom is 0.304 e. The van der Waals surface area contributed by atoms with E-state index >= 15 is 0 Å². The fraction of sp³-hybridized carbons (Fsp3) is 0.417. The minimum Gasteiger partial charge on any atom is -0.495 e. The van der Waals surface area contributed by atoms with E-state index < -0.39 is 11.9 Å². The highest BCUT2D eigenvalue weighted by molar-refractivity contribution is 6.32. The largest absolute Gasteiger partial charge is 0.495 e. The maximum atomic E-state index is 10.7. The second-order valence-electron chi connectivity index (χ2n) is 3.82. The molecule has 1 unspecified atom stereocenters. The van der Waals surface area contributed by atoms with Gasteiger partial charge in [-0.3, -0.25) is 4.79 Å². The number of hydrogen-bond donors (Lipinski definition) is 2. The van der Waals surface area contributed by atoms with Crippen LogP contribution in [0.15, 0.2) is 12.1 Å². The van der Waals surface area contributed by atoms with Crippen LogP contribution in [0.4, 0.5) is 0 Å². The normalized spacial score (nSPS) is 12.2. The molecule has 0 bridgehead atoms. The zero-order valence-corrected chi connectivity index (χ0v) is 10.5. The Kier molecular flexibility index (Phi) is 4.78. The Morgan fingerprint density at radius 1 is 1.53 bits per heavy atom. The molecule has 0 fully saturated rings. The lowest BCUT2D eigenvalue weighted by Gasteiger charge is -2.16. The third kappa shape index (κ3) is 3.35. The zero-order valence-electron chi connectivity index (χ0n) is 9.74. The average molecular weight is 259 g/mol. The van der Waals surface area contributed by atoms with Gasteiger partial charge in [0.2, 0.25) is 0 Å². The number of benzene rings is 1. The molecule has 2 N–H and O–H groups in total. The third-order valence-electron chi connectivity index (χ3n) is 2.62. The number of aliphatic hydroxyl groups excluding tert-OH is 1. The molecule has 1 atom stereocenters. The van der Waals surface area contributed by atoms with E-state index in [0.29, 0.717) is 10.8 Å². The molecular formula is C12H15ClO4. The molecule has 0 heterocycles. The molecule has 94 valence electrons. The third-order valence-corrected chi connectivity index (χ3v) is 2.92. The number of aliphatic hydroxyl groups is 1. The maximum absolute atomic E-state index is 10.7. The predicted molar refractivity (Wildman–Crippen MR) is 64.8 cm³/mol. The number of methoxy groups -OCH3 is 1. The quantitative estimate of drug-likeness (QED) is 0.850. The van der Waals surface area contributed by atoms with Gasteiger partial charge in [-0.15, -0.1) is 0 Å². The highest BCUT2D eigenvalue weighted by atomic mass is 35.5. The molecule has 0 saturated heterocycles. The van der Waals surface area contributed by atoms with Crippen LogP contribution in [0, 0.1) is 6.92 Å². The standard InChI is InChI=1S/C12H15ClO4/c1-7-3-11(17-2)10(13)5-9(7)8(6-14)4-12(15)16/h3,5,8,14H,4,6H2,1-2H3,(H,15,16). The van der Waals surface area contributed by atoms with Crippen LogP contribution < -0.4 is 4.74 Å². The molecule has 4 nitrogen and oxygen atoms in total. The van der Waals surface area contributed by atoms with Crippen LogP contribution >= 0.6 is 11.6 Å². The lowest BCUT2D eigenvalue weighted by Crippen LogP contribution is -2.11. The van der Waals surface area contributed by atoms with Crippen molar-refractivity contribution in [3.8, 4) is 5.75 Å². The Labute approximate surface area is 105 Å². The molecule has 0 aliphatic heterocycles. The molecule has 1 aromatic rings. The minimum absolute atomic E-state index is 0.125. The second kappa shape index (κ2) is 5.89. The van der Waals surface area contributed by atoms with Crippen molar-refractivity contribution >= 4 is 17.6 Å². The molecule has 1 aromatic carbocycles. The summed E-state index contributed by atoms with van der Waals surface area (Å²) in [5.74, 6) is -0.855. The number of halogens is 1. The molecule has 0 spiro atoms. The summed E-state index contributed by atoms with van der Waals surface area (Å²) in [7, 11) is 1.51. The molecule has 0 aromatic heterocycles. The van der Waals surface area contributed by atoms with Crippen molar-refractivity contribution in [1.82, 2.24) is 0 Å². The summed E-state index contributed by atoms with van der Waals surface area (Å²) in [6.07, 6.45) is -0.125. The van der Waals surface area contributed by atoms with Gasteiger partial charge < -0.3 is 14.9 Å². The van der Waals surface area contributed by atoms with Gasteiger partial charge in [0, 0.05) is 5.92 Å². The Morgan fingerprint density at radius 2 is 2.18 bits per heavy atom. The number of aryl methyl sites for hydroxylation is 1. The van der Waals surface area contributed by atoms with Crippen LogP contribution in [0.25, 0.3) is 0 Å². The van der Waals surface area contributed by atoms with Crippen molar-refractivity contribution in [3.05, 3.63) is 28.3 Å². The fourth-order valence-corrected chi connectivity index (χ4v) is 2.00. The van der Waals surface area contributed by atoms with Crippen LogP contribution in [0.3, 0.4) is 0 Å². The van der Waals surface area contributed by atoms with Crippen molar-refractivity contribution in [2.75, 3.05) is 13.7 Å². The second-order valence-corrected chi connectivity index (χ2v) is 4.23. The average Bonchev–Trinajstić information content (AvgIpc) is 2.28. The Hall–Kier alpha value is -1.26. The molecule has 0 saturated carbocycles. The van der Waals surface area contributed by atoms with E-state index in [9.17, 15) is 9.90 Å². The SMILES string of the molecule is COc1cc(C)c(C(CO)CC(=O)O)cc1Cl. The number of carbonyl (C=O) groups is 1. The zero-order chi connectivity index (χ0) is 13.0. The Bertz CT molecular complexity index is 417. The number of aliphatic carboxylic acids is 1. The molecule has 0 amide bonds. The Morgan fingerprint density at radius 3 is 2.65 bits per heavy atom. The van der Waals surface area contributed by atoms with Crippen molar-refractivity contribution in [2.45, 2.75) is 19.3 Å². The van der Waals surface area contributed by atoms with E-state index in [4.69, 9.17) is 21.4 Å². The van der Waals surface area contributed by atoms with Gasteiger partial charge in [-0.1, -0.05) is 11.6 Å². The first-order valence-electron chi connectivity index (χ1n) is 5.16. The lowest BCUT2D eigenvalue weighted by atomic mass is 9.92. The van der Waals surface area contributed by atoms with E-state index in [1.165, 1.54) is 7.11 Å². The Balaban J connectivity index is 3.11. The van der Waals surface area contributed by atoms with E-state index in [1.807, 2.05) is 6.92 Å². The summed E-state index contributed by atoms with van der Waals surface area (Å²) in [6, 6.07) is 3.39. The topological polar surface area (TPSA) is 66.8 Å². The van der Waals surface area contributed by atoms with E-state index in [0.717, 1.165) is 11.1 Å². The number of carboxylic acid groups (broad SMARTS) is 1.